The molecule has 0 saturated heterocycles. The number of rotatable bonds is 2. The first-order valence-electron chi connectivity index (χ1n) is 8.24. The van der Waals surface area contributed by atoms with Gasteiger partial charge in [0.15, 0.2) is 0 Å². The van der Waals surface area contributed by atoms with Gasteiger partial charge in [-0.3, -0.25) is 0 Å². The summed E-state index contributed by atoms with van der Waals surface area (Å²) in [4.78, 5) is 2.36. The Kier molecular flexibility index (Phi) is 4.27. The highest BCUT2D eigenvalue weighted by Gasteiger charge is 2.34. The van der Waals surface area contributed by atoms with Crippen molar-refractivity contribution in [3.63, 3.8) is 0 Å². The first-order chi connectivity index (χ1) is 11.5. The van der Waals surface area contributed by atoms with Crippen LogP contribution in [0.5, 0.6) is 0 Å². The number of nitriles is 1. The smallest absolute Gasteiger partial charge is 0.101 e. The van der Waals surface area contributed by atoms with E-state index in [0.29, 0.717) is 5.57 Å². The molecule has 0 amide bonds. The van der Waals surface area contributed by atoms with Gasteiger partial charge in [-0.15, -0.1) is 0 Å². The summed E-state index contributed by atoms with van der Waals surface area (Å²) in [5, 5.41) is 9.68. The topological polar surface area (TPSA) is 27.0 Å². The molecule has 0 spiro atoms. The van der Waals surface area contributed by atoms with E-state index in [1.807, 2.05) is 30.3 Å². The molecule has 1 unspecified atom stereocenters. The molecule has 0 saturated carbocycles. The van der Waals surface area contributed by atoms with Crippen molar-refractivity contribution < 1.29 is 0 Å². The lowest BCUT2D eigenvalue weighted by atomic mass is 9.89. The summed E-state index contributed by atoms with van der Waals surface area (Å²) in [6.45, 7) is 6.58. The predicted molar refractivity (Wildman–Crippen MR) is 98.9 cm³/mol. The van der Waals surface area contributed by atoms with E-state index in [-0.39, 0.29) is 11.6 Å². The number of hydrogen-bond donors (Lipinski definition) is 0. The second-order valence-electron chi connectivity index (χ2n) is 7.00. The minimum atomic E-state index is -0.126. The van der Waals surface area contributed by atoms with E-state index in [0.717, 1.165) is 11.3 Å². The Bertz CT molecular complexity index is 803. The van der Waals surface area contributed by atoms with Crippen molar-refractivity contribution in [2.45, 2.75) is 32.4 Å². The van der Waals surface area contributed by atoms with Crippen molar-refractivity contribution >= 4 is 5.70 Å². The Labute approximate surface area is 144 Å². The zero-order chi connectivity index (χ0) is 17.2. The molecule has 0 aromatic heterocycles. The van der Waals surface area contributed by atoms with Crippen LogP contribution < -0.4 is 0 Å². The third-order valence-corrected chi connectivity index (χ3v) is 4.25. The van der Waals surface area contributed by atoms with Gasteiger partial charge in [0.1, 0.15) is 6.07 Å². The summed E-state index contributed by atoms with van der Waals surface area (Å²) >= 11 is 0. The van der Waals surface area contributed by atoms with Crippen molar-refractivity contribution in [1.29, 1.82) is 5.26 Å². The van der Waals surface area contributed by atoms with Crippen LogP contribution in [0.3, 0.4) is 0 Å². The zero-order valence-electron chi connectivity index (χ0n) is 14.4. The Hall–Kier alpha value is -2.79. The molecule has 3 rings (SSSR count). The van der Waals surface area contributed by atoms with E-state index in [1.165, 1.54) is 5.56 Å². The lowest BCUT2D eigenvalue weighted by molar-refractivity contribution is 0.184. The van der Waals surface area contributed by atoms with Crippen molar-refractivity contribution in [2.75, 3.05) is 0 Å². The fraction of sp³-hybridized carbons (Fsp3) is 0.227. The second kappa shape index (κ2) is 6.37. The second-order valence-corrected chi connectivity index (χ2v) is 7.00. The van der Waals surface area contributed by atoms with Gasteiger partial charge in [0.05, 0.1) is 17.3 Å². The average molecular weight is 314 g/mol. The monoisotopic (exact) mass is 314 g/mol. The van der Waals surface area contributed by atoms with Crippen molar-refractivity contribution in [1.82, 2.24) is 4.90 Å². The Morgan fingerprint density at radius 1 is 0.917 bits per heavy atom. The number of hydrogen-bond acceptors (Lipinski definition) is 2. The maximum absolute atomic E-state index is 9.68. The summed E-state index contributed by atoms with van der Waals surface area (Å²) in [7, 11) is 0. The lowest BCUT2D eigenvalue weighted by Crippen LogP contribution is -2.43. The number of allylic oxidation sites excluding steroid dienone is 2. The van der Waals surface area contributed by atoms with Crippen LogP contribution in [0.2, 0.25) is 0 Å². The summed E-state index contributed by atoms with van der Waals surface area (Å²) in [5.41, 5.74) is 3.90. The highest BCUT2D eigenvalue weighted by molar-refractivity contribution is 5.75. The lowest BCUT2D eigenvalue weighted by Gasteiger charge is -2.46. The van der Waals surface area contributed by atoms with E-state index in [1.54, 1.807) is 0 Å². The van der Waals surface area contributed by atoms with Crippen LogP contribution in [-0.2, 0) is 0 Å². The van der Waals surface area contributed by atoms with Gasteiger partial charge in [-0.2, -0.15) is 5.26 Å². The van der Waals surface area contributed by atoms with Gasteiger partial charge >= 0.3 is 0 Å². The maximum Gasteiger partial charge on any atom is 0.101 e. The molecule has 0 fully saturated rings. The molecule has 2 aromatic rings. The SMILES string of the molecule is CC(C)(C)N1C(c2ccccc2)=C(C#N)C=CC1c1ccccc1. The van der Waals surface area contributed by atoms with Crippen molar-refractivity contribution in [3.8, 4) is 6.07 Å². The predicted octanol–water partition coefficient (Wildman–Crippen LogP) is 5.33. The Balaban J connectivity index is 2.20. The van der Waals surface area contributed by atoms with Crippen LogP contribution in [0, 0.1) is 11.3 Å². The highest BCUT2D eigenvalue weighted by Crippen LogP contribution is 2.42. The van der Waals surface area contributed by atoms with Crippen molar-refractivity contribution in [3.05, 3.63) is 89.5 Å². The molecule has 0 aliphatic carbocycles. The van der Waals surface area contributed by atoms with E-state index in [9.17, 15) is 5.26 Å². The molecule has 2 heteroatoms. The standard InChI is InChI=1S/C22H22N2/c1-22(2,3)24-20(17-10-6-4-7-11-17)15-14-19(16-23)21(24)18-12-8-5-9-13-18/h4-15,20H,1-3H3. The molecule has 2 aromatic carbocycles. The fourth-order valence-corrected chi connectivity index (χ4v) is 3.27. The van der Waals surface area contributed by atoms with Crippen LogP contribution in [0.1, 0.15) is 37.9 Å². The minimum Gasteiger partial charge on any atom is -0.355 e. The van der Waals surface area contributed by atoms with Gasteiger partial charge in [-0.25, -0.2) is 0 Å². The Morgan fingerprint density at radius 3 is 2.04 bits per heavy atom. The van der Waals surface area contributed by atoms with E-state index in [2.05, 4.69) is 74.2 Å². The summed E-state index contributed by atoms with van der Waals surface area (Å²) in [6, 6.07) is 23.1. The van der Waals surface area contributed by atoms with Gasteiger partial charge in [0, 0.05) is 5.54 Å². The fourth-order valence-electron chi connectivity index (χ4n) is 3.27. The molecule has 1 aliphatic heterocycles. The molecular formula is C22H22N2. The van der Waals surface area contributed by atoms with Crippen LogP contribution in [0.4, 0.5) is 0 Å². The largest absolute Gasteiger partial charge is 0.355 e. The van der Waals surface area contributed by atoms with Crippen molar-refractivity contribution in [2.24, 2.45) is 0 Å². The third-order valence-electron chi connectivity index (χ3n) is 4.25. The van der Waals surface area contributed by atoms with Crippen LogP contribution >= 0.6 is 0 Å². The van der Waals surface area contributed by atoms with E-state index in [4.69, 9.17) is 0 Å². The zero-order valence-corrected chi connectivity index (χ0v) is 14.4. The van der Waals surface area contributed by atoms with Gasteiger partial charge in [-0.05, 0) is 38.0 Å². The molecule has 0 bridgehead atoms. The summed E-state index contributed by atoms with van der Waals surface area (Å²) < 4.78 is 0. The van der Waals surface area contributed by atoms with Crippen LogP contribution in [0.15, 0.2) is 78.4 Å². The van der Waals surface area contributed by atoms with Crippen LogP contribution in [-0.4, -0.2) is 10.4 Å². The van der Waals surface area contributed by atoms with E-state index < -0.39 is 0 Å². The maximum atomic E-state index is 9.68. The van der Waals surface area contributed by atoms with Gasteiger partial charge in [0.2, 0.25) is 0 Å². The number of benzene rings is 2. The molecule has 1 atom stereocenters. The number of nitrogens with zero attached hydrogens (tertiary/aromatic N) is 2. The molecule has 24 heavy (non-hydrogen) atoms. The molecule has 0 radical (unpaired) electrons. The van der Waals surface area contributed by atoms with Crippen LogP contribution in [0.25, 0.3) is 5.70 Å². The molecule has 120 valence electrons. The minimum absolute atomic E-state index is 0.110. The molecule has 1 aliphatic rings. The molecule has 1 heterocycles. The van der Waals surface area contributed by atoms with E-state index >= 15 is 0 Å². The average Bonchev–Trinajstić information content (AvgIpc) is 2.61. The van der Waals surface area contributed by atoms with Gasteiger partial charge in [0.25, 0.3) is 0 Å². The summed E-state index contributed by atoms with van der Waals surface area (Å²) in [5.74, 6) is 0. The first kappa shape index (κ1) is 16.1. The molecule has 0 N–H and O–H groups in total. The first-order valence-corrected chi connectivity index (χ1v) is 8.24. The molecular weight excluding hydrogens is 292 g/mol. The quantitative estimate of drug-likeness (QED) is 0.749. The third kappa shape index (κ3) is 2.98. The summed E-state index contributed by atoms with van der Waals surface area (Å²) in [6.07, 6.45) is 4.09. The van der Waals surface area contributed by atoms with Gasteiger partial charge < -0.3 is 4.90 Å². The van der Waals surface area contributed by atoms with Gasteiger partial charge in [-0.1, -0.05) is 66.7 Å². The Morgan fingerprint density at radius 2 is 1.50 bits per heavy atom. The molecule has 2 nitrogen and oxygen atoms in total. The highest BCUT2D eigenvalue weighted by atomic mass is 15.2. The normalized spacial score (nSPS) is 17.8.